The minimum absolute atomic E-state index is 0.0860. The third-order valence-corrected chi connectivity index (χ3v) is 12.1. The topological polar surface area (TPSA) is 21.7 Å². The highest BCUT2D eigenvalue weighted by atomic mass is 15.0. The Balaban J connectivity index is 1.22. The lowest BCUT2D eigenvalue weighted by molar-refractivity contribution is 0.816. The van der Waals surface area contributed by atoms with E-state index in [1.165, 1.54) is 87.5 Å². The van der Waals surface area contributed by atoms with Crippen LogP contribution in [0.25, 0.3) is 87.5 Å². The molecule has 0 spiro atoms. The number of allylic oxidation sites excluding steroid dienone is 1. The molecule has 4 heterocycles. The monoisotopic (exact) mass is 701 g/mol. The summed E-state index contributed by atoms with van der Waals surface area (Å²) in [6, 6.07) is 62.2. The minimum atomic E-state index is 0.0860. The number of nitrogens with zero attached hydrogens (tertiary/aromatic N) is 3. The van der Waals surface area contributed by atoms with Gasteiger partial charge in [0.1, 0.15) is 0 Å². The maximum Gasteiger partial charge on any atom is 0.0726 e. The van der Waals surface area contributed by atoms with E-state index in [-0.39, 0.29) is 5.92 Å². The molecule has 0 fully saturated rings. The first-order valence-corrected chi connectivity index (χ1v) is 19.3. The lowest BCUT2D eigenvalue weighted by Crippen LogP contribution is -2.13. The van der Waals surface area contributed by atoms with Gasteiger partial charge in [0.15, 0.2) is 0 Å². The first kappa shape index (κ1) is 30.5. The summed E-state index contributed by atoms with van der Waals surface area (Å²) in [7, 11) is 0. The highest BCUT2D eigenvalue weighted by molar-refractivity contribution is 6.38. The summed E-state index contributed by atoms with van der Waals surface area (Å²) in [5, 5.41) is 10.3. The predicted molar refractivity (Wildman–Crippen MR) is 233 cm³/mol. The van der Waals surface area contributed by atoms with E-state index in [1.807, 2.05) is 0 Å². The molecule has 1 aliphatic rings. The Bertz CT molecular complexity index is 3410. The maximum atomic E-state index is 5.57. The van der Waals surface area contributed by atoms with Crippen molar-refractivity contribution < 1.29 is 0 Å². The Kier molecular flexibility index (Phi) is 6.38. The van der Waals surface area contributed by atoms with Gasteiger partial charge in [0, 0.05) is 43.8 Å². The van der Waals surface area contributed by atoms with Crippen molar-refractivity contribution in [3.63, 3.8) is 0 Å². The Morgan fingerprint density at radius 2 is 1.18 bits per heavy atom. The second-order valence-corrected chi connectivity index (χ2v) is 15.0. The molecule has 1 unspecified atom stereocenters. The zero-order chi connectivity index (χ0) is 36.2. The van der Waals surface area contributed by atoms with Crippen LogP contribution in [0.4, 0.5) is 5.69 Å². The number of aromatic nitrogens is 2. The van der Waals surface area contributed by atoms with Gasteiger partial charge in [0.25, 0.3) is 0 Å². The molecule has 0 amide bonds. The molecule has 12 rings (SSSR count). The van der Waals surface area contributed by atoms with Gasteiger partial charge in [-0.15, -0.1) is 0 Å². The number of rotatable bonds is 4. The average Bonchev–Trinajstić information content (AvgIpc) is 3.84. The number of hydrogen-bond acceptors (Lipinski definition) is 1. The number of fused-ring (bicyclic) bond motifs is 13. The second kappa shape index (κ2) is 11.5. The van der Waals surface area contributed by atoms with Gasteiger partial charge in [-0.25, -0.2) is 0 Å². The standard InChI is InChI=1S/C52H35N3/c1-2-32-30-46(39-22-8-11-24-42(39)53-51(32)36-19-14-18-35(29-36)33-15-4-3-5-16-33)54-45-28-27-34-17-6-7-20-37(34)48(45)50-47(54)31-41-38-21-9-12-25-43(38)55-44-26-13-10-23-40(44)49(50)52(41)55/h3-32H,2H2,1H3. The molecule has 0 saturated heterocycles. The fraction of sp³-hybridized carbons (Fsp3) is 0.0577. The van der Waals surface area contributed by atoms with Gasteiger partial charge in [-0.3, -0.25) is 4.99 Å². The smallest absolute Gasteiger partial charge is 0.0726 e. The number of benzene rings is 8. The first-order valence-electron chi connectivity index (χ1n) is 19.3. The van der Waals surface area contributed by atoms with Crippen LogP contribution >= 0.6 is 0 Å². The SMILES string of the molecule is CCC1C=C(n2c3ccc4ccccc4c3c3c4c5ccccc5n5c6ccccc6c(cc32)c45)c2ccccc2N=C1c1cccc(-c2ccccc2)c1. The molecular weight excluding hydrogens is 667 g/mol. The lowest BCUT2D eigenvalue weighted by Gasteiger charge is -2.17. The van der Waals surface area contributed by atoms with Crippen LogP contribution in [0.1, 0.15) is 24.5 Å². The van der Waals surface area contributed by atoms with E-state index in [9.17, 15) is 0 Å². The highest BCUT2D eigenvalue weighted by Crippen LogP contribution is 2.49. The van der Waals surface area contributed by atoms with Crippen molar-refractivity contribution >= 4 is 87.8 Å². The summed E-state index contributed by atoms with van der Waals surface area (Å²) in [6.07, 6.45) is 3.43. The van der Waals surface area contributed by atoms with Gasteiger partial charge < -0.3 is 8.97 Å². The van der Waals surface area contributed by atoms with Gasteiger partial charge in [-0.05, 0) is 70.3 Å². The van der Waals surface area contributed by atoms with E-state index < -0.39 is 0 Å². The highest BCUT2D eigenvalue weighted by Gasteiger charge is 2.28. The largest absolute Gasteiger partial charge is 0.309 e. The predicted octanol–water partition coefficient (Wildman–Crippen LogP) is 13.8. The molecule has 0 bridgehead atoms. The molecule has 3 aromatic heterocycles. The van der Waals surface area contributed by atoms with Gasteiger partial charge in [-0.1, -0.05) is 146 Å². The van der Waals surface area contributed by atoms with Gasteiger partial charge in [-0.2, -0.15) is 0 Å². The zero-order valence-electron chi connectivity index (χ0n) is 30.4. The zero-order valence-corrected chi connectivity index (χ0v) is 30.4. The van der Waals surface area contributed by atoms with E-state index in [4.69, 9.17) is 4.99 Å². The van der Waals surface area contributed by atoms with Crippen LogP contribution in [0.2, 0.25) is 0 Å². The molecule has 0 radical (unpaired) electrons. The molecule has 258 valence electrons. The van der Waals surface area contributed by atoms with E-state index in [0.29, 0.717) is 0 Å². The summed E-state index contributed by atoms with van der Waals surface area (Å²) < 4.78 is 5.07. The molecule has 0 N–H and O–H groups in total. The van der Waals surface area contributed by atoms with Crippen molar-refractivity contribution in [1.29, 1.82) is 0 Å². The molecule has 3 heteroatoms. The van der Waals surface area contributed by atoms with Crippen molar-refractivity contribution in [3.8, 4) is 11.1 Å². The summed E-state index contributed by atoms with van der Waals surface area (Å²) in [6.45, 7) is 2.29. The van der Waals surface area contributed by atoms with E-state index in [0.717, 1.165) is 28.9 Å². The number of hydrogen-bond donors (Lipinski definition) is 0. The third kappa shape index (κ3) is 4.24. The molecular formula is C52H35N3. The fourth-order valence-electron chi connectivity index (χ4n) is 9.67. The van der Waals surface area contributed by atoms with Crippen molar-refractivity contribution in [2.24, 2.45) is 10.9 Å². The van der Waals surface area contributed by atoms with Crippen LogP contribution in [-0.2, 0) is 0 Å². The molecule has 0 saturated carbocycles. The molecule has 11 aromatic rings. The Labute approximate surface area is 318 Å². The van der Waals surface area contributed by atoms with E-state index >= 15 is 0 Å². The molecule has 1 atom stereocenters. The van der Waals surface area contributed by atoms with E-state index in [2.05, 4.69) is 192 Å². The third-order valence-electron chi connectivity index (χ3n) is 12.1. The molecule has 1 aliphatic heterocycles. The van der Waals surface area contributed by atoms with Crippen LogP contribution in [-0.4, -0.2) is 14.7 Å². The van der Waals surface area contributed by atoms with Crippen molar-refractivity contribution in [2.75, 3.05) is 0 Å². The van der Waals surface area contributed by atoms with Gasteiger partial charge in [0.2, 0.25) is 0 Å². The van der Waals surface area contributed by atoms with Gasteiger partial charge >= 0.3 is 0 Å². The van der Waals surface area contributed by atoms with Gasteiger partial charge in [0.05, 0.1) is 44.7 Å². The van der Waals surface area contributed by atoms with Crippen LogP contribution in [0.5, 0.6) is 0 Å². The molecule has 8 aromatic carbocycles. The molecule has 3 nitrogen and oxygen atoms in total. The minimum Gasteiger partial charge on any atom is -0.309 e. The average molecular weight is 702 g/mol. The van der Waals surface area contributed by atoms with Crippen LogP contribution < -0.4 is 0 Å². The van der Waals surface area contributed by atoms with Crippen molar-refractivity contribution in [2.45, 2.75) is 13.3 Å². The Morgan fingerprint density at radius 3 is 2.04 bits per heavy atom. The first-order chi connectivity index (χ1) is 27.3. The van der Waals surface area contributed by atoms with Crippen LogP contribution in [0.3, 0.4) is 0 Å². The van der Waals surface area contributed by atoms with Crippen molar-refractivity contribution in [3.05, 3.63) is 187 Å². The fourth-order valence-corrected chi connectivity index (χ4v) is 9.67. The summed E-state index contributed by atoms with van der Waals surface area (Å²) in [5.41, 5.74) is 14.2. The van der Waals surface area contributed by atoms with E-state index in [1.54, 1.807) is 0 Å². The van der Waals surface area contributed by atoms with Crippen molar-refractivity contribution in [1.82, 2.24) is 8.97 Å². The number of para-hydroxylation sites is 3. The quantitative estimate of drug-likeness (QED) is 0.174. The summed E-state index contributed by atoms with van der Waals surface area (Å²) in [5.74, 6) is 0.0860. The lowest BCUT2D eigenvalue weighted by atomic mass is 9.91. The second-order valence-electron chi connectivity index (χ2n) is 15.0. The normalized spacial score (nSPS) is 14.7. The summed E-state index contributed by atoms with van der Waals surface area (Å²) >= 11 is 0. The summed E-state index contributed by atoms with van der Waals surface area (Å²) in [4.78, 5) is 5.57. The molecule has 0 aliphatic carbocycles. The van der Waals surface area contributed by atoms with Crippen LogP contribution in [0.15, 0.2) is 181 Å². The number of aliphatic imine (C=N–C) groups is 1. The Morgan fingerprint density at radius 1 is 0.491 bits per heavy atom. The maximum absolute atomic E-state index is 5.57. The van der Waals surface area contributed by atoms with Crippen LogP contribution in [0, 0.1) is 5.92 Å². The molecule has 55 heavy (non-hydrogen) atoms. The Hall–Kier alpha value is -6.97.